The Morgan fingerprint density at radius 2 is 2.30 bits per heavy atom. The number of nitrogens with zero attached hydrogens (tertiary/aromatic N) is 3. The summed E-state index contributed by atoms with van der Waals surface area (Å²) in [5.41, 5.74) is 1.55. The molecule has 0 amide bonds. The number of aromatic amines is 1. The van der Waals surface area contributed by atoms with Gasteiger partial charge in [0.25, 0.3) is 10.0 Å². The van der Waals surface area contributed by atoms with Gasteiger partial charge in [-0.25, -0.2) is 13.4 Å². The van der Waals surface area contributed by atoms with Crippen LogP contribution in [0, 0.1) is 11.3 Å². The molecule has 6 nitrogen and oxygen atoms in total. The van der Waals surface area contributed by atoms with E-state index in [0.29, 0.717) is 18.7 Å². The average Bonchev–Trinajstić information content (AvgIpc) is 2.92. The van der Waals surface area contributed by atoms with E-state index in [0.717, 1.165) is 31.4 Å². The fraction of sp³-hybridized carbons (Fsp3) is 0.538. The third kappa shape index (κ3) is 2.15. The number of aryl methyl sites for hydroxylation is 1. The lowest BCUT2D eigenvalue weighted by Crippen LogP contribution is -2.43. The molecule has 106 valence electrons. The summed E-state index contributed by atoms with van der Waals surface area (Å²) in [4.78, 5) is 7.10. The Hall–Kier alpha value is -1.65. The van der Waals surface area contributed by atoms with Crippen LogP contribution < -0.4 is 0 Å². The van der Waals surface area contributed by atoms with Crippen LogP contribution in [-0.2, 0) is 16.4 Å². The van der Waals surface area contributed by atoms with E-state index in [1.807, 2.05) is 12.2 Å². The number of hydrogen-bond donors (Lipinski definition) is 1. The number of hydrogen-bond acceptors (Lipinski definition) is 4. The van der Waals surface area contributed by atoms with Crippen molar-refractivity contribution in [3.63, 3.8) is 0 Å². The van der Waals surface area contributed by atoms with Gasteiger partial charge in [-0.15, -0.1) is 0 Å². The second kappa shape index (κ2) is 5.04. The maximum Gasteiger partial charge on any atom is 0.278 e. The minimum atomic E-state index is -3.71. The number of imidazole rings is 1. The van der Waals surface area contributed by atoms with Crippen molar-refractivity contribution >= 4 is 16.1 Å². The molecular formula is C13H16N4O2S. The first kappa shape index (κ1) is 13.3. The van der Waals surface area contributed by atoms with Crippen molar-refractivity contribution in [1.29, 1.82) is 5.26 Å². The molecule has 3 rings (SSSR count). The molecule has 7 heteroatoms. The van der Waals surface area contributed by atoms with Crippen molar-refractivity contribution in [2.75, 3.05) is 6.54 Å². The Morgan fingerprint density at radius 1 is 1.45 bits per heavy atom. The van der Waals surface area contributed by atoms with Gasteiger partial charge in [-0.1, -0.05) is 6.08 Å². The summed E-state index contributed by atoms with van der Waals surface area (Å²) in [5.74, 6) is 0. The summed E-state index contributed by atoms with van der Waals surface area (Å²) in [6.45, 7) is 0.391. The van der Waals surface area contributed by atoms with Gasteiger partial charge in [0.2, 0.25) is 5.16 Å². The van der Waals surface area contributed by atoms with Gasteiger partial charge in [-0.2, -0.15) is 9.57 Å². The largest absolute Gasteiger partial charge is 0.331 e. The van der Waals surface area contributed by atoms with Crippen molar-refractivity contribution in [3.8, 4) is 6.07 Å². The maximum atomic E-state index is 12.6. The van der Waals surface area contributed by atoms with E-state index in [2.05, 4.69) is 16.0 Å². The Kier molecular flexibility index (Phi) is 3.36. The highest BCUT2D eigenvalue weighted by Crippen LogP contribution is 2.26. The first-order chi connectivity index (χ1) is 9.63. The number of allylic oxidation sites excluding steroid dienone is 1. The lowest BCUT2D eigenvalue weighted by atomic mass is 10.1. The molecule has 0 spiro atoms. The monoisotopic (exact) mass is 292 g/mol. The number of H-pyrrole nitrogens is 1. The molecule has 0 bridgehead atoms. The van der Waals surface area contributed by atoms with Crippen LogP contribution in [0.3, 0.4) is 0 Å². The second-order valence-corrected chi connectivity index (χ2v) is 6.91. The zero-order valence-corrected chi connectivity index (χ0v) is 11.9. The molecule has 0 radical (unpaired) electrons. The van der Waals surface area contributed by atoms with Gasteiger partial charge < -0.3 is 4.98 Å². The predicted molar refractivity (Wildman–Crippen MR) is 73.1 cm³/mol. The molecule has 1 unspecified atom stereocenters. The third-order valence-corrected chi connectivity index (χ3v) is 5.52. The molecule has 2 aliphatic rings. The van der Waals surface area contributed by atoms with Gasteiger partial charge in [0, 0.05) is 12.2 Å². The van der Waals surface area contributed by atoms with Gasteiger partial charge in [0.1, 0.15) is 6.04 Å². The standard InChI is InChI=1S/C13H16N4O2S/c14-9-10-5-3-4-8-17(10)20(18,19)13-15-11-6-1-2-7-12(11)16-13/h1,6,10H,2-5,7-8H2,(H,15,16). The number of fused-ring (bicyclic) bond motifs is 1. The van der Waals surface area contributed by atoms with Crippen molar-refractivity contribution < 1.29 is 8.42 Å². The van der Waals surface area contributed by atoms with E-state index >= 15 is 0 Å². The Bertz CT molecular complexity index is 684. The van der Waals surface area contributed by atoms with Crippen LogP contribution in [-0.4, -0.2) is 35.3 Å². The smallest absolute Gasteiger partial charge is 0.278 e. The highest BCUT2D eigenvalue weighted by atomic mass is 32.2. The van der Waals surface area contributed by atoms with Gasteiger partial charge in [0.15, 0.2) is 0 Å². The Labute approximate surface area is 118 Å². The minimum absolute atomic E-state index is 0.0313. The van der Waals surface area contributed by atoms with Gasteiger partial charge in [0.05, 0.1) is 11.8 Å². The van der Waals surface area contributed by atoms with E-state index in [-0.39, 0.29) is 5.16 Å². The van der Waals surface area contributed by atoms with Gasteiger partial charge in [-0.3, -0.25) is 0 Å². The molecule has 1 N–H and O–H groups in total. The molecule has 1 fully saturated rings. The van der Waals surface area contributed by atoms with Crippen LogP contribution in [0.2, 0.25) is 0 Å². The van der Waals surface area contributed by atoms with Crippen LogP contribution in [0.25, 0.3) is 6.08 Å². The number of aromatic nitrogens is 2. The Balaban J connectivity index is 1.97. The van der Waals surface area contributed by atoms with Crippen LogP contribution in [0.4, 0.5) is 0 Å². The molecule has 1 atom stereocenters. The third-order valence-electron chi connectivity index (χ3n) is 3.78. The van der Waals surface area contributed by atoms with E-state index in [1.165, 1.54) is 4.31 Å². The van der Waals surface area contributed by atoms with Gasteiger partial charge in [-0.05, 0) is 38.2 Å². The molecule has 1 aliphatic heterocycles. The zero-order chi connectivity index (χ0) is 14.2. The summed E-state index contributed by atoms with van der Waals surface area (Å²) >= 11 is 0. The summed E-state index contributed by atoms with van der Waals surface area (Å²) in [6.07, 6.45) is 7.76. The highest BCUT2D eigenvalue weighted by molar-refractivity contribution is 7.89. The molecule has 2 heterocycles. The summed E-state index contributed by atoms with van der Waals surface area (Å²) in [6, 6.07) is 1.51. The second-order valence-electron chi connectivity index (χ2n) is 5.10. The van der Waals surface area contributed by atoms with Crippen molar-refractivity contribution in [2.24, 2.45) is 0 Å². The Morgan fingerprint density at radius 3 is 3.05 bits per heavy atom. The molecule has 0 saturated carbocycles. The molecule has 1 aliphatic carbocycles. The molecule has 20 heavy (non-hydrogen) atoms. The number of nitriles is 1. The fourth-order valence-corrected chi connectivity index (χ4v) is 4.25. The van der Waals surface area contributed by atoms with Crippen LogP contribution >= 0.6 is 0 Å². The van der Waals surface area contributed by atoms with Crippen molar-refractivity contribution in [1.82, 2.24) is 14.3 Å². The summed E-state index contributed by atoms with van der Waals surface area (Å²) in [5, 5.41) is 9.10. The number of rotatable bonds is 2. The van der Waals surface area contributed by atoms with Crippen LogP contribution in [0.5, 0.6) is 0 Å². The van der Waals surface area contributed by atoms with E-state index in [9.17, 15) is 8.42 Å². The quantitative estimate of drug-likeness (QED) is 0.893. The number of piperidine rings is 1. The normalized spacial score (nSPS) is 23.2. The molecule has 1 aromatic heterocycles. The minimum Gasteiger partial charge on any atom is -0.331 e. The first-order valence-corrected chi connectivity index (χ1v) is 8.24. The molecule has 0 aromatic carbocycles. The number of nitrogens with one attached hydrogen (secondary N) is 1. The van der Waals surface area contributed by atoms with Gasteiger partial charge >= 0.3 is 0 Å². The van der Waals surface area contributed by atoms with Crippen molar-refractivity contribution in [2.45, 2.75) is 43.3 Å². The number of sulfonamides is 1. The topological polar surface area (TPSA) is 89.8 Å². The molecular weight excluding hydrogens is 276 g/mol. The van der Waals surface area contributed by atoms with Crippen LogP contribution in [0.1, 0.15) is 37.1 Å². The zero-order valence-electron chi connectivity index (χ0n) is 11.0. The predicted octanol–water partition coefficient (Wildman–Crippen LogP) is 1.44. The van der Waals surface area contributed by atoms with Crippen molar-refractivity contribution in [3.05, 3.63) is 17.5 Å². The van der Waals surface area contributed by atoms with Crippen LogP contribution in [0.15, 0.2) is 11.2 Å². The lowest BCUT2D eigenvalue weighted by molar-refractivity contribution is 0.295. The maximum absolute atomic E-state index is 12.6. The average molecular weight is 292 g/mol. The lowest BCUT2D eigenvalue weighted by Gasteiger charge is -2.29. The molecule has 1 saturated heterocycles. The van der Waals surface area contributed by atoms with E-state index < -0.39 is 16.1 Å². The van der Waals surface area contributed by atoms with E-state index in [1.54, 1.807) is 0 Å². The summed E-state index contributed by atoms with van der Waals surface area (Å²) < 4.78 is 26.5. The van der Waals surface area contributed by atoms with E-state index in [4.69, 9.17) is 5.26 Å². The first-order valence-electron chi connectivity index (χ1n) is 6.80. The summed E-state index contributed by atoms with van der Waals surface area (Å²) in [7, 11) is -3.71. The SMILES string of the molecule is N#CC1CCCCN1S(=O)(=O)c1nc2c([nH]1)CCC=C2. The highest BCUT2D eigenvalue weighted by Gasteiger charge is 2.36. The molecule has 1 aromatic rings. The fourth-order valence-electron chi connectivity index (χ4n) is 2.70.